The van der Waals surface area contributed by atoms with Crippen molar-refractivity contribution in [2.45, 2.75) is 56.6 Å². The van der Waals surface area contributed by atoms with E-state index in [0.717, 1.165) is 41.0 Å². The summed E-state index contributed by atoms with van der Waals surface area (Å²) in [6.07, 6.45) is 7.61. The fourth-order valence-corrected chi connectivity index (χ4v) is 4.85. The molecule has 1 aliphatic heterocycles. The number of likely N-dealkylation sites (tertiary alicyclic amines) is 1. The highest BCUT2D eigenvalue weighted by Gasteiger charge is 2.46. The predicted octanol–water partition coefficient (Wildman–Crippen LogP) is 4.41. The molecule has 1 N–H and O–H groups in total. The van der Waals surface area contributed by atoms with E-state index in [0.29, 0.717) is 6.42 Å². The summed E-state index contributed by atoms with van der Waals surface area (Å²) >= 11 is 9.77. The van der Waals surface area contributed by atoms with Crippen molar-refractivity contribution < 1.29 is 5.11 Å². The summed E-state index contributed by atoms with van der Waals surface area (Å²) in [5, 5.41) is 11.7. The zero-order valence-corrected chi connectivity index (χ0v) is 14.7. The van der Waals surface area contributed by atoms with Crippen LogP contribution in [0.25, 0.3) is 0 Å². The highest BCUT2D eigenvalue weighted by molar-refractivity contribution is 9.10. The van der Waals surface area contributed by atoms with Crippen molar-refractivity contribution in [3.63, 3.8) is 0 Å². The van der Waals surface area contributed by atoms with Gasteiger partial charge in [0.15, 0.2) is 0 Å². The molecule has 0 radical (unpaired) electrons. The largest absolute Gasteiger partial charge is 0.391 e. The summed E-state index contributed by atoms with van der Waals surface area (Å²) in [6, 6.07) is 5.95. The van der Waals surface area contributed by atoms with E-state index in [1.165, 1.54) is 25.7 Å². The predicted molar refractivity (Wildman–Crippen MR) is 90.9 cm³/mol. The topological polar surface area (TPSA) is 23.5 Å². The molecule has 1 saturated heterocycles. The molecule has 0 aromatic heterocycles. The van der Waals surface area contributed by atoms with Gasteiger partial charge in [-0.25, -0.2) is 0 Å². The number of aliphatic hydroxyl groups is 1. The number of benzene rings is 1. The molecule has 1 aliphatic carbocycles. The monoisotopic (exact) mass is 371 g/mol. The van der Waals surface area contributed by atoms with Crippen LogP contribution >= 0.6 is 27.5 Å². The maximum Gasteiger partial charge on any atom is 0.0764 e. The standard InChI is InChI=1S/C17H23BrClNO/c18-14-6-5-13(15(19)12-14)11-16(21)17(7-1-2-8-17)20-9-3-4-10-20/h5-6,12,16,21H,1-4,7-11H2. The number of hydrogen-bond donors (Lipinski definition) is 1. The minimum absolute atomic E-state index is 0.00704. The molecular weight excluding hydrogens is 350 g/mol. The summed E-state index contributed by atoms with van der Waals surface area (Å²) in [6.45, 7) is 2.29. The Balaban J connectivity index is 1.79. The molecule has 0 amide bonds. The van der Waals surface area contributed by atoms with Crippen molar-refractivity contribution in [3.05, 3.63) is 33.3 Å². The molecule has 0 bridgehead atoms. The maximum atomic E-state index is 11.0. The molecule has 2 nitrogen and oxygen atoms in total. The van der Waals surface area contributed by atoms with Crippen LogP contribution < -0.4 is 0 Å². The minimum atomic E-state index is -0.322. The van der Waals surface area contributed by atoms with Crippen LogP contribution in [0, 0.1) is 0 Å². The number of aliphatic hydroxyl groups excluding tert-OH is 1. The van der Waals surface area contributed by atoms with Crippen LogP contribution in [0.5, 0.6) is 0 Å². The lowest BCUT2D eigenvalue weighted by Gasteiger charge is -2.43. The maximum absolute atomic E-state index is 11.0. The number of rotatable bonds is 4. The molecule has 1 atom stereocenters. The second-order valence-electron chi connectivity index (χ2n) is 6.46. The van der Waals surface area contributed by atoms with E-state index in [-0.39, 0.29) is 11.6 Å². The molecule has 116 valence electrons. The van der Waals surface area contributed by atoms with Gasteiger partial charge in [0.1, 0.15) is 0 Å². The second-order valence-corrected chi connectivity index (χ2v) is 7.78. The molecule has 1 aromatic rings. The Kier molecular flexibility index (Phi) is 4.94. The van der Waals surface area contributed by atoms with Crippen molar-refractivity contribution in [2.75, 3.05) is 13.1 Å². The summed E-state index contributed by atoms with van der Waals surface area (Å²) in [5.74, 6) is 0. The van der Waals surface area contributed by atoms with Crippen LogP contribution in [0.4, 0.5) is 0 Å². The summed E-state index contributed by atoms with van der Waals surface area (Å²) in [5.41, 5.74) is 1.05. The molecule has 4 heteroatoms. The van der Waals surface area contributed by atoms with Crippen LogP contribution in [0.2, 0.25) is 5.02 Å². The van der Waals surface area contributed by atoms with Gasteiger partial charge in [0.05, 0.1) is 6.10 Å². The molecule has 3 rings (SSSR count). The summed E-state index contributed by atoms with van der Waals surface area (Å²) in [4.78, 5) is 2.55. The van der Waals surface area contributed by atoms with Gasteiger partial charge in [0.25, 0.3) is 0 Å². The molecule has 21 heavy (non-hydrogen) atoms. The van der Waals surface area contributed by atoms with Gasteiger partial charge in [-0.05, 0) is 56.5 Å². The van der Waals surface area contributed by atoms with E-state index in [1.54, 1.807) is 0 Å². The first-order valence-corrected chi connectivity index (χ1v) is 9.16. The van der Waals surface area contributed by atoms with E-state index < -0.39 is 0 Å². The molecule has 1 heterocycles. The van der Waals surface area contributed by atoms with Crippen LogP contribution in [0.15, 0.2) is 22.7 Å². The van der Waals surface area contributed by atoms with Gasteiger partial charge < -0.3 is 5.11 Å². The minimum Gasteiger partial charge on any atom is -0.391 e. The zero-order valence-electron chi connectivity index (χ0n) is 12.3. The lowest BCUT2D eigenvalue weighted by Crippen LogP contribution is -2.54. The van der Waals surface area contributed by atoms with E-state index in [2.05, 4.69) is 20.8 Å². The summed E-state index contributed by atoms with van der Waals surface area (Å²) in [7, 11) is 0. The average molecular weight is 373 g/mol. The van der Waals surface area contributed by atoms with E-state index in [4.69, 9.17) is 11.6 Å². The van der Waals surface area contributed by atoms with Gasteiger partial charge in [0, 0.05) is 21.5 Å². The smallest absolute Gasteiger partial charge is 0.0764 e. The lowest BCUT2D eigenvalue weighted by molar-refractivity contribution is -0.0171. The van der Waals surface area contributed by atoms with E-state index >= 15 is 0 Å². The number of halogens is 2. The van der Waals surface area contributed by atoms with Crippen LogP contribution in [0.1, 0.15) is 44.1 Å². The molecule has 2 aliphatic rings. The fraction of sp³-hybridized carbons (Fsp3) is 0.647. The Morgan fingerprint density at radius 1 is 1.19 bits per heavy atom. The Morgan fingerprint density at radius 3 is 2.48 bits per heavy atom. The first kappa shape index (κ1) is 15.8. The normalized spacial score (nSPS) is 23.6. The third-order valence-corrected chi connectivity index (χ3v) is 6.10. The van der Waals surface area contributed by atoms with Gasteiger partial charge in [0.2, 0.25) is 0 Å². The van der Waals surface area contributed by atoms with Crippen LogP contribution in [-0.2, 0) is 6.42 Å². The third-order valence-electron chi connectivity index (χ3n) is 5.25. The van der Waals surface area contributed by atoms with Crippen molar-refractivity contribution in [1.82, 2.24) is 4.90 Å². The van der Waals surface area contributed by atoms with Gasteiger partial charge in [-0.3, -0.25) is 4.90 Å². The fourth-order valence-electron chi connectivity index (χ4n) is 4.10. The van der Waals surface area contributed by atoms with E-state index in [1.807, 2.05) is 18.2 Å². The van der Waals surface area contributed by atoms with Crippen LogP contribution in [-0.4, -0.2) is 34.7 Å². The van der Waals surface area contributed by atoms with Crippen LogP contribution in [0.3, 0.4) is 0 Å². The molecule has 1 aromatic carbocycles. The number of hydrogen-bond acceptors (Lipinski definition) is 2. The molecule has 0 spiro atoms. The SMILES string of the molecule is OC(Cc1ccc(Br)cc1Cl)C1(N2CCCC2)CCCC1. The summed E-state index contributed by atoms with van der Waals surface area (Å²) < 4.78 is 0.987. The zero-order chi connectivity index (χ0) is 14.9. The Labute approximate surface area is 140 Å². The van der Waals surface area contributed by atoms with Gasteiger partial charge in [-0.2, -0.15) is 0 Å². The Morgan fingerprint density at radius 2 is 1.86 bits per heavy atom. The highest BCUT2D eigenvalue weighted by atomic mass is 79.9. The lowest BCUT2D eigenvalue weighted by atomic mass is 9.85. The van der Waals surface area contributed by atoms with Crippen molar-refractivity contribution >= 4 is 27.5 Å². The van der Waals surface area contributed by atoms with Gasteiger partial charge in [-0.1, -0.05) is 46.4 Å². The molecule has 1 unspecified atom stereocenters. The van der Waals surface area contributed by atoms with Gasteiger partial charge >= 0.3 is 0 Å². The Bertz CT molecular complexity index is 496. The van der Waals surface area contributed by atoms with Crippen molar-refractivity contribution in [3.8, 4) is 0 Å². The molecule has 2 fully saturated rings. The number of nitrogens with zero attached hydrogens (tertiary/aromatic N) is 1. The van der Waals surface area contributed by atoms with Crippen molar-refractivity contribution in [2.24, 2.45) is 0 Å². The van der Waals surface area contributed by atoms with E-state index in [9.17, 15) is 5.11 Å². The first-order valence-electron chi connectivity index (χ1n) is 7.99. The first-order chi connectivity index (χ1) is 10.1. The second kappa shape index (κ2) is 6.57. The Hall–Kier alpha value is -0.0900. The highest BCUT2D eigenvalue weighted by Crippen LogP contribution is 2.41. The molecule has 1 saturated carbocycles. The molecular formula is C17H23BrClNO. The average Bonchev–Trinajstić information content (AvgIpc) is 3.11. The van der Waals surface area contributed by atoms with Crippen molar-refractivity contribution in [1.29, 1.82) is 0 Å². The van der Waals surface area contributed by atoms with Gasteiger partial charge in [-0.15, -0.1) is 0 Å². The third kappa shape index (κ3) is 3.17. The quantitative estimate of drug-likeness (QED) is 0.846.